The van der Waals surface area contributed by atoms with Gasteiger partial charge in [0.2, 0.25) is 0 Å². The molecule has 0 bridgehead atoms. The van der Waals surface area contributed by atoms with Crippen molar-refractivity contribution in [1.29, 1.82) is 0 Å². The first-order valence-electron chi connectivity index (χ1n) is 10.6. The number of rotatable bonds is 7. The molecule has 1 saturated carbocycles. The van der Waals surface area contributed by atoms with E-state index in [1.165, 1.54) is 19.3 Å². The van der Waals surface area contributed by atoms with Gasteiger partial charge >= 0.3 is 11.6 Å². The third kappa shape index (κ3) is 4.19. The fraction of sp³-hybridized carbons (Fsp3) is 0.500. The third-order valence-corrected chi connectivity index (χ3v) is 5.55. The zero-order chi connectivity index (χ0) is 20.2. The number of ether oxygens (including phenoxy) is 1. The molecule has 7 nitrogen and oxygen atoms in total. The summed E-state index contributed by atoms with van der Waals surface area (Å²) in [5, 5.41) is 9.17. The summed E-state index contributed by atoms with van der Waals surface area (Å²) >= 11 is 0. The van der Waals surface area contributed by atoms with Crippen LogP contribution >= 0.6 is 0 Å². The Kier molecular flexibility index (Phi) is 5.94. The molecule has 0 atom stereocenters. The summed E-state index contributed by atoms with van der Waals surface area (Å²) < 4.78 is 7.90. The van der Waals surface area contributed by atoms with Crippen LogP contribution in [0.25, 0.3) is 11.2 Å². The lowest BCUT2D eigenvalue weighted by Gasteiger charge is -2.18. The van der Waals surface area contributed by atoms with E-state index in [0.717, 1.165) is 30.7 Å². The van der Waals surface area contributed by atoms with Crippen molar-refractivity contribution in [1.82, 2.24) is 19.5 Å². The topological polar surface area (TPSA) is 93.0 Å². The van der Waals surface area contributed by atoms with Crippen LogP contribution in [-0.4, -0.2) is 31.2 Å². The van der Waals surface area contributed by atoms with Crippen molar-refractivity contribution in [3.05, 3.63) is 46.0 Å². The number of aromatic nitrogens is 4. The van der Waals surface area contributed by atoms with Gasteiger partial charge in [0.05, 0.1) is 0 Å². The zero-order valence-electron chi connectivity index (χ0n) is 16.9. The summed E-state index contributed by atoms with van der Waals surface area (Å²) in [4.78, 5) is 25.0. The molecule has 0 spiro atoms. The van der Waals surface area contributed by atoms with Crippen molar-refractivity contribution >= 4 is 11.2 Å². The summed E-state index contributed by atoms with van der Waals surface area (Å²) in [5.41, 5.74) is 1.70. The van der Waals surface area contributed by atoms with Crippen molar-refractivity contribution < 1.29 is 9.84 Å². The predicted octanol–water partition coefficient (Wildman–Crippen LogP) is 3.90. The molecular weight excluding hydrogens is 368 g/mol. The van der Waals surface area contributed by atoms with Gasteiger partial charge in [-0.1, -0.05) is 38.3 Å². The third-order valence-electron chi connectivity index (χ3n) is 5.55. The molecular formula is C22H28N4O3. The number of nitrogens with one attached hydrogen (secondary N) is 1. The van der Waals surface area contributed by atoms with Gasteiger partial charge in [-0.25, -0.2) is 4.98 Å². The highest BCUT2D eigenvalue weighted by Crippen LogP contribution is 2.32. The number of benzene rings is 1. The molecule has 4 rings (SSSR count). The molecule has 7 heteroatoms. The smallest absolute Gasteiger partial charge is 0.307 e. The highest BCUT2D eigenvalue weighted by Gasteiger charge is 2.22. The van der Waals surface area contributed by atoms with Crippen molar-refractivity contribution in [2.45, 2.75) is 64.3 Å². The molecule has 2 aromatic heterocycles. The Morgan fingerprint density at radius 1 is 1.24 bits per heavy atom. The van der Waals surface area contributed by atoms with E-state index in [9.17, 15) is 4.79 Å². The summed E-state index contributed by atoms with van der Waals surface area (Å²) in [7, 11) is 0. The van der Waals surface area contributed by atoms with Gasteiger partial charge in [-0.3, -0.25) is 9.36 Å². The van der Waals surface area contributed by atoms with Crippen LogP contribution in [-0.2, 0) is 13.0 Å². The number of hydrogen-bond acceptors (Lipinski definition) is 5. The van der Waals surface area contributed by atoms with E-state index >= 15 is 0 Å². The number of aliphatic hydroxyl groups is 1. The quantitative estimate of drug-likeness (QED) is 0.632. The van der Waals surface area contributed by atoms with Crippen LogP contribution in [0.5, 0.6) is 11.8 Å². The van der Waals surface area contributed by atoms with Crippen molar-refractivity contribution in [2.24, 2.45) is 0 Å². The van der Waals surface area contributed by atoms with Gasteiger partial charge < -0.3 is 14.8 Å². The van der Waals surface area contributed by atoms with E-state index in [1.54, 1.807) is 0 Å². The maximum Gasteiger partial charge on any atom is 0.307 e. The number of aryl methyl sites for hydroxylation is 1. The van der Waals surface area contributed by atoms with Crippen LogP contribution in [0.4, 0.5) is 0 Å². The molecule has 1 aliphatic rings. The average Bonchev–Trinajstić information content (AvgIpc) is 3.18. The van der Waals surface area contributed by atoms with Crippen LogP contribution in [0.3, 0.4) is 0 Å². The lowest BCUT2D eigenvalue weighted by atomic mass is 9.89. The van der Waals surface area contributed by atoms with Crippen molar-refractivity contribution in [2.75, 3.05) is 6.61 Å². The number of hydrogen-bond donors (Lipinski definition) is 2. The number of nitrogens with zero attached hydrogens (tertiary/aromatic N) is 3. The Labute approximate surface area is 169 Å². The normalized spacial score (nSPS) is 15.1. The van der Waals surface area contributed by atoms with Crippen molar-refractivity contribution in [3.8, 4) is 11.8 Å². The van der Waals surface area contributed by atoms with Gasteiger partial charge in [0.15, 0.2) is 11.2 Å². The van der Waals surface area contributed by atoms with E-state index in [1.807, 2.05) is 28.8 Å². The number of aromatic amines is 1. The summed E-state index contributed by atoms with van der Waals surface area (Å²) in [6.07, 6.45) is 7.32. The van der Waals surface area contributed by atoms with E-state index < -0.39 is 0 Å². The number of H-pyrrole nitrogens is 1. The summed E-state index contributed by atoms with van der Waals surface area (Å²) in [5.74, 6) is 1.87. The molecule has 29 heavy (non-hydrogen) atoms. The minimum Gasteiger partial charge on any atom is -0.425 e. The Morgan fingerprint density at radius 3 is 2.83 bits per heavy atom. The summed E-state index contributed by atoms with van der Waals surface area (Å²) in [6.45, 7) is 2.81. The Balaban J connectivity index is 1.74. The molecule has 0 aliphatic heterocycles. The molecule has 1 fully saturated rings. The van der Waals surface area contributed by atoms with E-state index in [0.29, 0.717) is 35.8 Å². The van der Waals surface area contributed by atoms with Gasteiger partial charge in [0, 0.05) is 19.1 Å². The van der Waals surface area contributed by atoms with Gasteiger partial charge in [0.25, 0.3) is 0 Å². The Hall–Kier alpha value is -2.67. The van der Waals surface area contributed by atoms with E-state index in [2.05, 4.69) is 16.9 Å². The Bertz CT molecular complexity index is 1030. The molecule has 1 aromatic carbocycles. The molecule has 0 radical (unpaired) electrons. The minimum absolute atomic E-state index is 0.0748. The zero-order valence-corrected chi connectivity index (χ0v) is 16.9. The SMILES string of the molecule is CCCn1c(Oc2cccc(CCO)c2)nc(=O)c2[nH]c(C3CCCCC3)nc21. The molecule has 2 N–H and O–H groups in total. The first kappa shape index (κ1) is 19.6. The first-order valence-corrected chi connectivity index (χ1v) is 10.6. The van der Waals surface area contributed by atoms with Gasteiger partial charge in [-0.15, -0.1) is 0 Å². The average molecular weight is 396 g/mol. The van der Waals surface area contributed by atoms with Gasteiger partial charge in [-0.2, -0.15) is 4.98 Å². The second kappa shape index (κ2) is 8.78. The van der Waals surface area contributed by atoms with E-state index in [4.69, 9.17) is 14.8 Å². The monoisotopic (exact) mass is 396 g/mol. The molecule has 1 aliphatic carbocycles. The lowest BCUT2D eigenvalue weighted by molar-refractivity contribution is 0.299. The molecule has 0 amide bonds. The molecule has 3 aromatic rings. The maximum atomic E-state index is 12.7. The number of fused-ring (bicyclic) bond motifs is 1. The molecule has 154 valence electrons. The highest BCUT2D eigenvalue weighted by atomic mass is 16.5. The van der Waals surface area contributed by atoms with Crippen LogP contribution in [0.2, 0.25) is 0 Å². The minimum atomic E-state index is -0.344. The Morgan fingerprint density at radius 2 is 2.07 bits per heavy atom. The number of aliphatic hydroxyl groups excluding tert-OH is 1. The van der Waals surface area contributed by atoms with Crippen molar-refractivity contribution in [3.63, 3.8) is 0 Å². The van der Waals surface area contributed by atoms with Crippen LogP contribution in [0.1, 0.15) is 62.8 Å². The van der Waals surface area contributed by atoms with Gasteiger partial charge in [0.1, 0.15) is 11.6 Å². The second-order valence-corrected chi connectivity index (χ2v) is 7.73. The molecule has 0 unspecified atom stereocenters. The van der Waals surface area contributed by atoms with Crippen LogP contribution < -0.4 is 10.3 Å². The molecule has 2 heterocycles. The number of imidazole rings is 1. The highest BCUT2D eigenvalue weighted by molar-refractivity contribution is 5.70. The first-order chi connectivity index (χ1) is 14.2. The standard InChI is InChI=1S/C22H28N4O3/c1-2-12-26-20-18(23-19(24-20)16-8-4-3-5-9-16)21(28)25-22(26)29-17-10-6-7-15(14-17)11-13-27/h6-7,10,14,16,27H,2-5,8-9,11-13H2,1H3,(H,23,24). The fourth-order valence-electron chi connectivity index (χ4n) is 4.09. The maximum absolute atomic E-state index is 12.7. The molecule has 0 saturated heterocycles. The van der Waals surface area contributed by atoms with E-state index in [-0.39, 0.29) is 18.2 Å². The second-order valence-electron chi connectivity index (χ2n) is 7.73. The summed E-state index contributed by atoms with van der Waals surface area (Å²) in [6, 6.07) is 7.75. The lowest BCUT2D eigenvalue weighted by Crippen LogP contribution is -2.16. The largest absolute Gasteiger partial charge is 0.425 e. The predicted molar refractivity (Wildman–Crippen MR) is 112 cm³/mol. The van der Waals surface area contributed by atoms with Crippen LogP contribution in [0, 0.1) is 0 Å². The van der Waals surface area contributed by atoms with Crippen LogP contribution in [0.15, 0.2) is 29.1 Å². The van der Waals surface area contributed by atoms with Gasteiger partial charge in [-0.05, 0) is 43.4 Å². The fourth-order valence-corrected chi connectivity index (χ4v) is 4.09.